The molecule has 1 aromatic carbocycles. The third-order valence-corrected chi connectivity index (χ3v) is 5.03. The SMILES string of the molecule is CC.CCCOCCc1nc2c(c(=O)n(C)c(=O)n2C)n1Cc1ccc(Br)cc1. The minimum absolute atomic E-state index is 0.335. The fourth-order valence-electron chi connectivity index (χ4n) is 3.04. The van der Waals surface area contributed by atoms with Crippen LogP contribution in [0.1, 0.15) is 38.6 Å². The van der Waals surface area contributed by atoms with Crippen LogP contribution in [0.4, 0.5) is 0 Å². The van der Waals surface area contributed by atoms with Gasteiger partial charge in [0.15, 0.2) is 11.2 Å². The van der Waals surface area contributed by atoms with Crippen molar-refractivity contribution in [1.82, 2.24) is 18.7 Å². The molecule has 0 saturated heterocycles. The van der Waals surface area contributed by atoms with Crippen LogP contribution in [0.3, 0.4) is 0 Å². The van der Waals surface area contributed by atoms with Gasteiger partial charge in [0.2, 0.25) is 0 Å². The van der Waals surface area contributed by atoms with E-state index in [0.29, 0.717) is 37.3 Å². The standard InChI is InChI=1S/C19H23BrN4O3.C2H6/c1-4-10-27-11-9-15-21-17-16(18(25)23(3)19(26)22(17)2)24(15)12-13-5-7-14(20)8-6-13;1-2/h5-8H,4,9-12H2,1-3H3;1-2H3. The summed E-state index contributed by atoms with van der Waals surface area (Å²) in [4.78, 5) is 29.7. The molecule has 0 N–H and O–H groups in total. The van der Waals surface area contributed by atoms with E-state index in [0.717, 1.165) is 26.8 Å². The number of nitrogens with zero attached hydrogens (tertiary/aromatic N) is 4. The summed E-state index contributed by atoms with van der Waals surface area (Å²) < 4.78 is 11.0. The Kier molecular flexibility index (Phi) is 8.40. The molecule has 8 heteroatoms. The van der Waals surface area contributed by atoms with Crippen LogP contribution in [0.2, 0.25) is 0 Å². The second-order valence-corrected chi connectivity index (χ2v) is 7.40. The van der Waals surface area contributed by atoms with Crippen LogP contribution in [0.25, 0.3) is 11.2 Å². The minimum Gasteiger partial charge on any atom is -0.381 e. The number of imidazole rings is 1. The van der Waals surface area contributed by atoms with Gasteiger partial charge in [0.05, 0.1) is 6.61 Å². The van der Waals surface area contributed by atoms with E-state index in [9.17, 15) is 9.59 Å². The maximum atomic E-state index is 12.8. The summed E-state index contributed by atoms with van der Waals surface area (Å²) in [6.45, 7) is 7.77. The molecule has 29 heavy (non-hydrogen) atoms. The lowest BCUT2D eigenvalue weighted by molar-refractivity contribution is 0.136. The van der Waals surface area contributed by atoms with E-state index in [1.165, 1.54) is 11.6 Å². The largest absolute Gasteiger partial charge is 0.381 e. The van der Waals surface area contributed by atoms with Crippen LogP contribution in [-0.4, -0.2) is 31.9 Å². The topological polar surface area (TPSA) is 71.1 Å². The van der Waals surface area contributed by atoms with E-state index in [2.05, 4.69) is 27.8 Å². The molecule has 0 unspecified atom stereocenters. The van der Waals surface area contributed by atoms with Crippen molar-refractivity contribution in [3.63, 3.8) is 0 Å². The fourth-order valence-corrected chi connectivity index (χ4v) is 3.30. The predicted molar refractivity (Wildman–Crippen MR) is 120 cm³/mol. The Morgan fingerprint density at radius 2 is 1.69 bits per heavy atom. The number of hydrogen-bond acceptors (Lipinski definition) is 4. The molecule has 2 aromatic heterocycles. The van der Waals surface area contributed by atoms with E-state index < -0.39 is 0 Å². The molecule has 158 valence electrons. The van der Waals surface area contributed by atoms with Crippen LogP contribution in [0, 0.1) is 0 Å². The molecule has 0 amide bonds. The number of ether oxygens (including phenoxy) is 1. The molecular formula is C21H29BrN4O3. The van der Waals surface area contributed by atoms with E-state index in [1.807, 2.05) is 42.7 Å². The zero-order valence-electron chi connectivity index (χ0n) is 17.7. The molecule has 0 saturated carbocycles. The molecule has 0 bridgehead atoms. The van der Waals surface area contributed by atoms with Gasteiger partial charge in [-0.05, 0) is 24.1 Å². The lowest BCUT2D eigenvalue weighted by Gasteiger charge is -2.10. The van der Waals surface area contributed by atoms with Gasteiger partial charge in [0, 0.05) is 38.1 Å². The average Bonchev–Trinajstić information content (AvgIpc) is 3.09. The minimum atomic E-state index is -0.380. The molecule has 0 radical (unpaired) electrons. The molecule has 0 aliphatic rings. The van der Waals surface area contributed by atoms with Gasteiger partial charge in [-0.3, -0.25) is 13.9 Å². The second kappa shape index (κ2) is 10.5. The second-order valence-electron chi connectivity index (χ2n) is 6.48. The maximum absolute atomic E-state index is 12.8. The highest BCUT2D eigenvalue weighted by atomic mass is 79.9. The third kappa shape index (κ3) is 5.05. The number of aryl methyl sites for hydroxylation is 1. The number of fused-ring (bicyclic) bond motifs is 1. The molecule has 0 aliphatic carbocycles. The highest BCUT2D eigenvalue weighted by Gasteiger charge is 2.19. The van der Waals surface area contributed by atoms with Crippen LogP contribution in [0.15, 0.2) is 38.3 Å². The van der Waals surface area contributed by atoms with E-state index in [4.69, 9.17) is 4.74 Å². The van der Waals surface area contributed by atoms with Gasteiger partial charge in [0.1, 0.15) is 5.82 Å². The van der Waals surface area contributed by atoms with Gasteiger partial charge in [-0.15, -0.1) is 0 Å². The van der Waals surface area contributed by atoms with Crippen molar-refractivity contribution >= 4 is 27.1 Å². The molecule has 2 heterocycles. The molecule has 0 spiro atoms. The van der Waals surface area contributed by atoms with Crippen molar-refractivity contribution in [2.24, 2.45) is 14.1 Å². The molecule has 0 atom stereocenters. The lowest BCUT2D eigenvalue weighted by atomic mass is 10.2. The summed E-state index contributed by atoms with van der Waals surface area (Å²) in [5.41, 5.74) is 1.18. The van der Waals surface area contributed by atoms with Crippen LogP contribution in [-0.2, 0) is 31.8 Å². The van der Waals surface area contributed by atoms with Gasteiger partial charge < -0.3 is 9.30 Å². The van der Waals surface area contributed by atoms with Crippen molar-refractivity contribution in [3.05, 3.63) is 61.0 Å². The molecule has 0 fully saturated rings. The number of hydrogen-bond donors (Lipinski definition) is 0. The number of halogens is 1. The van der Waals surface area contributed by atoms with Crippen LogP contribution >= 0.6 is 15.9 Å². The predicted octanol–water partition coefficient (Wildman–Crippen LogP) is 3.24. The van der Waals surface area contributed by atoms with Crippen molar-refractivity contribution in [3.8, 4) is 0 Å². The summed E-state index contributed by atoms with van der Waals surface area (Å²) in [6.07, 6.45) is 1.52. The van der Waals surface area contributed by atoms with Gasteiger partial charge in [-0.1, -0.05) is 48.8 Å². The van der Waals surface area contributed by atoms with Gasteiger partial charge >= 0.3 is 5.69 Å². The van der Waals surface area contributed by atoms with Crippen molar-refractivity contribution in [2.45, 2.75) is 40.2 Å². The zero-order chi connectivity index (χ0) is 21.6. The molecule has 7 nitrogen and oxygen atoms in total. The summed E-state index contributed by atoms with van der Waals surface area (Å²) in [6, 6.07) is 7.93. The van der Waals surface area contributed by atoms with Crippen molar-refractivity contribution in [2.75, 3.05) is 13.2 Å². The maximum Gasteiger partial charge on any atom is 0.332 e. The quantitative estimate of drug-likeness (QED) is 0.503. The highest BCUT2D eigenvalue weighted by molar-refractivity contribution is 9.10. The molecule has 3 aromatic rings. The van der Waals surface area contributed by atoms with E-state index >= 15 is 0 Å². The van der Waals surface area contributed by atoms with Gasteiger partial charge in [-0.25, -0.2) is 9.78 Å². The molecular weight excluding hydrogens is 436 g/mol. The summed E-state index contributed by atoms with van der Waals surface area (Å²) >= 11 is 3.44. The Hall–Kier alpha value is -2.19. The average molecular weight is 465 g/mol. The highest BCUT2D eigenvalue weighted by Crippen LogP contribution is 2.17. The van der Waals surface area contributed by atoms with Gasteiger partial charge in [-0.2, -0.15) is 0 Å². The number of benzene rings is 1. The Labute approximate surface area is 179 Å². The van der Waals surface area contributed by atoms with Crippen molar-refractivity contribution in [1.29, 1.82) is 0 Å². The summed E-state index contributed by atoms with van der Waals surface area (Å²) in [5, 5.41) is 0. The lowest BCUT2D eigenvalue weighted by Crippen LogP contribution is -2.37. The normalized spacial score (nSPS) is 10.8. The Morgan fingerprint density at radius 1 is 1.03 bits per heavy atom. The van der Waals surface area contributed by atoms with E-state index in [1.54, 1.807) is 7.05 Å². The first-order valence-electron chi connectivity index (χ1n) is 9.91. The van der Waals surface area contributed by atoms with Crippen LogP contribution in [0.5, 0.6) is 0 Å². The smallest absolute Gasteiger partial charge is 0.332 e. The first kappa shape index (κ1) is 23.1. The summed E-state index contributed by atoms with van der Waals surface area (Å²) in [7, 11) is 3.13. The zero-order valence-corrected chi connectivity index (χ0v) is 19.3. The molecule has 0 aliphatic heterocycles. The first-order chi connectivity index (χ1) is 13.9. The monoisotopic (exact) mass is 464 g/mol. The third-order valence-electron chi connectivity index (χ3n) is 4.50. The van der Waals surface area contributed by atoms with Crippen LogP contribution < -0.4 is 11.2 Å². The Bertz CT molecular complexity index is 1060. The van der Waals surface area contributed by atoms with E-state index in [-0.39, 0.29) is 11.2 Å². The van der Waals surface area contributed by atoms with Crippen molar-refractivity contribution < 1.29 is 4.74 Å². The number of aromatic nitrogens is 4. The fraction of sp³-hybridized carbons (Fsp3) is 0.476. The Morgan fingerprint density at radius 3 is 2.31 bits per heavy atom. The Balaban J connectivity index is 0.00000145. The number of rotatable bonds is 7. The molecule has 3 rings (SSSR count). The first-order valence-corrected chi connectivity index (χ1v) is 10.7. The van der Waals surface area contributed by atoms with Gasteiger partial charge in [0.25, 0.3) is 5.56 Å². The summed E-state index contributed by atoms with van der Waals surface area (Å²) in [5.74, 6) is 0.738.